The molecular formula is C19H14N2O3. The molecule has 1 aliphatic heterocycles. The van der Waals surface area contributed by atoms with Gasteiger partial charge in [0.15, 0.2) is 0 Å². The van der Waals surface area contributed by atoms with E-state index in [0.717, 1.165) is 10.9 Å². The number of pyridine rings is 1. The van der Waals surface area contributed by atoms with Gasteiger partial charge in [-0.15, -0.1) is 0 Å². The van der Waals surface area contributed by atoms with E-state index in [1.807, 2.05) is 30.3 Å². The van der Waals surface area contributed by atoms with Crippen molar-refractivity contribution in [3.8, 4) is 5.88 Å². The maximum absolute atomic E-state index is 12.3. The number of carbonyl (C=O) groups excluding carboxylic acids is 2. The van der Waals surface area contributed by atoms with Gasteiger partial charge in [0.25, 0.3) is 11.8 Å². The minimum absolute atomic E-state index is 0.195. The molecule has 5 nitrogen and oxygen atoms in total. The van der Waals surface area contributed by atoms with Gasteiger partial charge in [0.2, 0.25) is 5.88 Å². The molecule has 0 saturated carbocycles. The summed E-state index contributed by atoms with van der Waals surface area (Å²) in [6.45, 7) is 0.400. The predicted molar refractivity (Wildman–Crippen MR) is 89.0 cm³/mol. The summed E-state index contributed by atoms with van der Waals surface area (Å²) < 4.78 is 5.61. The number of carbonyl (C=O) groups is 2. The van der Waals surface area contributed by atoms with E-state index in [0.29, 0.717) is 17.0 Å². The lowest BCUT2D eigenvalue weighted by atomic mass is 10.1. The van der Waals surface area contributed by atoms with Gasteiger partial charge in [0.1, 0.15) is 6.61 Å². The molecule has 0 N–H and O–H groups in total. The van der Waals surface area contributed by atoms with Crippen LogP contribution in [0.25, 0.3) is 10.9 Å². The third-order valence-electron chi connectivity index (χ3n) is 4.02. The van der Waals surface area contributed by atoms with Gasteiger partial charge in [0.05, 0.1) is 23.2 Å². The molecule has 0 aliphatic carbocycles. The van der Waals surface area contributed by atoms with Crippen LogP contribution in [-0.2, 0) is 0 Å². The fourth-order valence-corrected chi connectivity index (χ4v) is 2.81. The van der Waals surface area contributed by atoms with E-state index >= 15 is 0 Å². The van der Waals surface area contributed by atoms with Crippen molar-refractivity contribution < 1.29 is 14.3 Å². The van der Waals surface area contributed by atoms with Crippen LogP contribution in [-0.4, -0.2) is 34.8 Å². The molecule has 0 bridgehead atoms. The minimum atomic E-state index is -0.273. The summed E-state index contributed by atoms with van der Waals surface area (Å²) >= 11 is 0. The van der Waals surface area contributed by atoms with E-state index in [-0.39, 0.29) is 25.0 Å². The maximum atomic E-state index is 12.3. The fourth-order valence-electron chi connectivity index (χ4n) is 2.81. The number of ether oxygens (including phenoxy) is 1. The first kappa shape index (κ1) is 14.4. The Kier molecular flexibility index (Phi) is 3.46. The average Bonchev–Trinajstić information content (AvgIpc) is 2.87. The van der Waals surface area contributed by atoms with E-state index in [2.05, 4.69) is 4.98 Å². The van der Waals surface area contributed by atoms with Gasteiger partial charge >= 0.3 is 0 Å². The van der Waals surface area contributed by atoms with Gasteiger partial charge in [-0.2, -0.15) is 0 Å². The van der Waals surface area contributed by atoms with Gasteiger partial charge in [-0.3, -0.25) is 14.5 Å². The number of hydrogen-bond donors (Lipinski definition) is 0. The molecular weight excluding hydrogens is 304 g/mol. The molecule has 24 heavy (non-hydrogen) atoms. The minimum Gasteiger partial charge on any atom is -0.476 e. The molecule has 4 rings (SSSR count). The third kappa shape index (κ3) is 2.40. The number of para-hydroxylation sites is 1. The molecule has 1 aliphatic rings. The summed E-state index contributed by atoms with van der Waals surface area (Å²) in [5.74, 6) is -0.0679. The number of aromatic nitrogens is 1. The van der Waals surface area contributed by atoms with Crippen molar-refractivity contribution in [1.29, 1.82) is 0 Å². The summed E-state index contributed by atoms with van der Waals surface area (Å²) in [4.78, 5) is 30.1. The highest BCUT2D eigenvalue weighted by molar-refractivity contribution is 6.21. The highest BCUT2D eigenvalue weighted by Crippen LogP contribution is 2.22. The molecule has 0 atom stereocenters. The molecule has 2 amide bonds. The molecule has 0 spiro atoms. The highest BCUT2D eigenvalue weighted by atomic mass is 16.5. The van der Waals surface area contributed by atoms with Crippen LogP contribution in [0.3, 0.4) is 0 Å². The van der Waals surface area contributed by atoms with Crippen LogP contribution in [0.1, 0.15) is 20.7 Å². The van der Waals surface area contributed by atoms with Crippen LogP contribution in [0, 0.1) is 0 Å². The molecule has 2 aromatic carbocycles. The van der Waals surface area contributed by atoms with Crippen LogP contribution in [0.2, 0.25) is 0 Å². The Labute approximate surface area is 138 Å². The smallest absolute Gasteiger partial charge is 0.261 e. The second-order valence-corrected chi connectivity index (χ2v) is 5.50. The van der Waals surface area contributed by atoms with Gasteiger partial charge in [-0.05, 0) is 24.3 Å². The van der Waals surface area contributed by atoms with Crippen LogP contribution >= 0.6 is 0 Å². The normalized spacial score (nSPS) is 13.4. The van der Waals surface area contributed by atoms with E-state index in [1.165, 1.54) is 4.90 Å². The lowest BCUT2D eigenvalue weighted by molar-refractivity contribution is 0.0630. The Hall–Kier alpha value is -3.21. The molecule has 0 saturated heterocycles. The van der Waals surface area contributed by atoms with Gasteiger partial charge in [0, 0.05) is 11.5 Å². The Balaban J connectivity index is 1.44. The quantitative estimate of drug-likeness (QED) is 0.694. The lowest BCUT2D eigenvalue weighted by Gasteiger charge is -2.14. The summed E-state index contributed by atoms with van der Waals surface area (Å²) in [5, 5.41) is 1.03. The number of nitrogens with zero attached hydrogens (tertiary/aromatic N) is 2. The number of imide groups is 1. The molecule has 1 aromatic heterocycles. The first-order valence-corrected chi connectivity index (χ1v) is 7.68. The van der Waals surface area contributed by atoms with Crippen molar-refractivity contribution >= 4 is 22.7 Å². The van der Waals surface area contributed by atoms with Crippen molar-refractivity contribution in [1.82, 2.24) is 9.88 Å². The third-order valence-corrected chi connectivity index (χ3v) is 4.02. The van der Waals surface area contributed by atoms with E-state index in [1.54, 1.807) is 30.3 Å². The molecule has 2 heterocycles. The first-order valence-electron chi connectivity index (χ1n) is 7.68. The zero-order valence-corrected chi connectivity index (χ0v) is 12.8. The van der Waals surface area contributed by atoms with Crippen LogP contribution in [0.15, 0.2) is 60.7 Å². The summed E-state index contributed by atoms with van der Waals surface area (Å²) in [7, 11) is 0. The highest BCUT2D eigenvalue weighted by Gasteiger charge is 2.34. The van der Waals surface area contributed by atoms with E-state index in [4.69, 9.17) is 4.74 Å². The molecule has 5 heteroatoms. The molecule has 118 valence electrons. The second kappa shape index (κ2) is 5.77. The second-order valence-electron chi connectivity index (χ2n) is 5.50. The standard InChI is InChI=1S/C19H14N2O3/c22-18-14-6-2-3-7-15(14)19(23)21(18)11-12-24-17-10-9-13-5-1-4-8-16(13)20-17/h1-10H,11-12H2. The van der Waals surface area contributed by atoms with Crippen molar-refractivity contribution in [2.24, 2.45) is 0 Å². The largest absolute Gasteiger partial charge is 0.476 e. The number of amides is 2. The molecule has 0 unspecified atom stereocenters. The van der Waals surface area contributed by atoms with Crippen molar-refractivity contribution in [2.75, 3.05) is 13.2 Å². The van der Waals surface area contributed by atoms with Gasteiger partial charge < -0.3 is 4.74 Å². The summed E-state index contributed by atoms with van der Waals surface area (Å²) in [6.07, 6.45) is 0. The fraction of sp³-hybridized carbons (Fsp3) is 0.105. The van der Waals surface area contributed by atoms with Crippen LogP contribution < -0.4 is 4.74 Å². The monoisotopic (exact) mass is 318 g/mol. The van der Waals surface area contributed by atoms with Crippen LogP contribution in [0.4, 0.5) is 0 Å². The Morgan fingerprint density at radius 2 is 1.50 bits per heavy atom. The maximum Gasteiger partial charge on any atom is 0.261 e. The SMILES string of the molecule is O=C1c2ccccc2C(=O)N1CCOc1ccc2ccccc2n1. The Morgan fingerprint density at radius 3 is 2.25 bits per heavy atom. The van der Waals surface area contributed by atoms with Crippen LogP contribution in [0.5, 0.6) is 5.88 Å². The van der Waals surface area contributed by atoms with Crippen molar-refractivity contribution in [3.05, 3.63) is 71.8 Å². The van der Waals surface area contributed by atoms with Crippen molar-refractivity contribution in [2.45, 2.75) is 0 Å². The number of fused-ring (bicyclic) bond motifs is 2. The van der Waals surface area contributed by atoms with E-state index in [9.17, 15) is 9.59 Å². The zero-order chi connectivity index (χ0) is 16.5. The Bertz CT molecular complexity index is 917. The first-order chi connectivity index (χ1) is 11.7. The number of rotatable bonds is 4. The zero-order valence-electron chi connectivity index (χ0n) is 12.8. The number of hydrogen-bond acceptors (Lipinski definition) is 4. The van der Waals surface area contributed by atoms with Gasteiger partial charge in [-0.1, -0.05) is 30.3 Å². The predicted octanol–water partition coefficient (Wildman–Crippen LogP) is 2.91. The van der Waals surface area contributed by atoms with Gasteiger partial charge in [-0.25, -0.2) is 4.98 Å². The Morgan fingerprint density at radius 1 is 0.833 bits per heavy atom. The number of benzene rings is 2. The van der Waals surface area contributed by atoms with Crippen molar-refractivity contribution in [3.63, 3.8) is 0 Å². The summed E-state index contributed by atoms with van der Waals surface area (Å²) in [6, 6.07) is 18.3. The molecule has 3 aromatic rings. The topological polar surface area (TPSA) is 59.5 Å². The average molecular weight is 318 g/mol. The summed E-state index contributed by atoms with van der Waals surface area (Å²) in [5.41, 5.74) is 1.74. The lowest BCUT2D eigenvalue weighted by Crippen LogP contribution is -2.33. The molecule has 0 radical (unpaired) electrons. The molecule has 0 fully saturated rings. The van der Waals surface area contributed by atoms with E-state index < -0.39 is 0 Å².